The van der Waals surface area contributed by atoms with Crippen LogP contribution in [-0.2, 0) is 9.59 Å². The Labute approximate surface area is 130 Å². The van der Waals surface area contributed by atoms with Gasteiger partial charge in [0.1, 0.15) is 0 Å². The molecule has 1 rings (SSSR count). The van der Waals surface area contributed by atoms with E-state index in [1.807, 2.05) is 13.8 Å². The summed E-state index contributed by atoms with van der Waals surface area (Å²) in [4.78, 5) is 24.7. The van der Waals surface area contributed by atoms with E-state index in [0.29, 0.717) is 23.6 Å². The topological polar surface area (TPSA) is 76.1 Å². The molecular weight excluding hydrogens is 286 g/mol. The van der Waals surface area contributed by atoms with Crippen LogP contribution in [0, 0.1) is 5.92 Å². The molecule has 0 saturated carbocycles. The van der Waals surface area contributed by atoms with Gasteiger partial charge in [-0.05, 0) is 18.1 Å². The first kappa shape index (κ1) is 17.8. The number of carboxylic acids is 1. The number of anilines is 1. The molecule has 1 aromatic carbocycles. The second kappa shape index (κ2) is 8.26. The summed E-state index contributed by atoms with van der Waals surface area (Å²) < 4.78 is 10.4. The molecule has 1 N–H and O–H groups in total. The van der Waals surface area contributed by atoms with E-state index >= 15 is 0 Å². The van der Waals surface area contributed by atoms with Gasteiger partial charge < -0.3 is 19.5 Å². The quantitative estimate of drug-likeness (QED) is 0.798. The summed E-state index contributed by atoms with van der Waals surface area (Å²) in [5.74, 6) is 0.199. The third-order valence-corrected chi connectivity index (χ3v) is 3.11. The monoisotopic (exact) mass is 309 g/mol. The molecule has 0 heterocycles. The number of benzene rings is 1. The van der Waals surface area contributed by atoms with Gasteiger partial charge in [-0.2, -0.15) is 0 Å². The van der Waals surface area contributed by atoms with Crippen molar-refractivity contribution in [3.63, 3.8) is 0 Å². The predicted molar refractivity (Wildman–Crippen MR) is 83.6 cm³/mol. The second-order valence-electron chi connectivity index (χ2n) is 5.33. The van der Waals surface area contributed by atoms with Crippen LogP contribution in [0.2, 0.25) is 0 Å². The zero-order chi connectivity index (χ0) is 16.7. The van der Waals surface area contributed by atoms with Crippen molar-refractivity contribution in [2.75, 3.05) is 25.7 Å². The first-order valence-corrected chi connectivity index (χ1v) is 7.13. The highest BCUT2D eigenvalue weighted by atomic mass is 16.5. The highest BCUT2D eigenvalue weighted by Gasteiger charge is 2.19. The lowest BCUT2D eigenvalue weighted by Crippen LogP contribution is -2.33. The number of rotatable bonds is 8. The largest absolute Gasteiger partial charge is 0.493 e. The minimum atomic E-state index is -0.942. The number of ether oxygens (including phenoxy) is 2. The molecule has 6 heteroatoms. The smallest absolute Gasteiger partial charge is 0.305 e. The van der Waals surface area contributed by atoms with Crippen molar-refractivity contribution >= 4 is 17.6 Å². The predicted octanol–water partition coefficient (Wildman–Crippen LogP) is 2.56. The SMILES string of the molecule is COc1ccc(N(CCC(=O)O)C(=O)CC(C)C)cc1OC. The maximum Gasteiger partial charge on any atom is 0.305 e. The van der Waals surface area contributed by atoms with Gasteiger partial charge in [0.2, 0.25) is 5.91 Å². The number of methoxy groups -OCH3 is 2. The second-order valence-corrected chi connectivity index (χ2v) is 5.33. The third kappa shape index (κ3) is 4.95. The molecule has 0 unspecified atom stereocenters. The lowest BCUT2D eigenvalue weighted by Gasteiger charge is -2.24. The Morgan fingerprint density at radius 2 is 1.82 bits per heavy atom. The number of hydrogen-bond donors (Lipinski definition) is 1. The summed E-state index contributed by atoms with van der Waals surface area (Å²) in [6.45, 7) is 4.01. The Bertz CT molecular complexity index is 527. The lowest BCUT2D eigenvalue weighted by molar-refractivity contribution is -0.136. The summed E-state index contributed by atoms with van der Waals surface area (Å²) in [7, 11) is 3.04. The van der Waals surface area contributed by atoms with Crippen molar-refractivity contribution in [3.05, 3.63) is 18.2 Å². The number of carbonyl (C=O) groups is 2. The number of hydrogen-bond acceptors (Lipinski definition) is 4. The van der Waals surface area contributed by atoms with Crippen molar-refractivity contribution in [3.8, 4) is 11.5 Å². The number of amides is 1. The van der Waals surface area contributed by atoms with Gasteiger partial charge in [-0.15, -0.1) is 0 Å². The Kier molecular flexibility index (Phi) is 6.69. The molecule has 122 valence electrons. The average molecular weight is 309 g/mol. The van der Waals surface area contributed by atoms with Gasteiger partial charge in [0, 0.05) is 24.7 Å². The van der Waals surface area contributed by atoms with E-state index in [0.717, 1.165) is 0 Å². The van der Waals surface area contributed by atoms with Gasteiger partial charge in [-0.3, -0.25) is 9.59 Å². The summed E-state index contributed by atoms with van der Waals surface area (Å²) >= 11 is 0. The number of aliphatic carboxylic acids is 1. The van der Waals surface area contributed by atoms with E-state index < -0.39 is 5.97 Å². The molecule has 0 aliphatic rings. The molecule has 6 nitrogen and oxygen atoms in total. The van der Waals surface area contributed by atoms with Gasteiger partial charge in [0.25, 0.3) is 0 Å². The standard InChI is InChI=1S/C16H23NO5/c1-11(2)9-15(18)17(8-7-16(19)20)12-5-6-13(21-3)14(10-12)22-4/h5-6,10-11H,7-9H2,1-4H3,(H,19,20). The van der Waals surface area contributed by atoms with E-state index in [-0.39, 0.29) is 24.8 Å². The van der Waals surface area contributed by atoms with Gasteiger partial charge in [-0.1, -0.05) is 13.8 Å². The van der Waals surface area contributed by atoms with Crippen molar-refractivity contribution in [1.29, 1.82) is 0 Å². The van der Waals surface area contributed by atoms with Crippen molar-refractivity contribution < 1.29 is 24.2 Å². The minimum Gasteiger partial charge on any atom is -0.493 e. The van der Waals surface area contributed by atoms with Crippen LogP contribution in [0.3, 0.4) is 0 Å². The summed E-state index contributed by atoms with van der Waals surface area (Å²) in [6.07, 6.45) is 0.242. The van der Waals surface area contributed by atoms with Crippen LogP contribution in [0.15, 0.2) is 18.2 Å². The zero-order valence-electron chi connectivity index (χ0n) is 13.5. The van der Waals surface area contributed by atoms with Gasteiger partial charge in [-0.25, -0.2) is 0 Å². The molecule has 1 amide bonds. The Hall–Kier alpha value is -2.24. The normalized spacial score (nSPS) is 10.4. The van der Waals surface area contributed by atoms with Crippen LogP contribution in [-0.4, -0.2) is 37.7 Å². The first-order chi connectivity index (χ1) is 10.4. The van der Waals surface area contributed by atoms with Crippen molar-refractivity contribution in [2.45, 2.75) is 26.7 Å². The van der Waals surface area contributed by atoms with Crippen LogP contribution >= 0.6 is 0 Å². The van der Waals surface area contributed by atoms with E-state index in [9.17, 15) is 9.59 Å². The molecule has 0 radical (unpaired) electrons. The van der Waals surface area contributed by atoms with Crippen LogP contribution in [0.1, 0.15) is 26.7 Å². The molecule has 0 spiro atoms. The van der Waals surface area contributed by atoms with Crippen molar-refractivity contribution in [1.82, 2.24) is 0 Å². The third-order valence-electron chi connectivity index (χ3n) is 3.11. The van der Waals surface area contributed by atoms with Gasteiger partial charge >= 0.3 is 5.97 Å². The summed E-state index contributed by atoms with van der Waals surface area (Å²) in [5.41, 5.74) is 0.601. The molecule has 22 heavy (non-hydrogen) atoms. The molecule has 0 bridgehead atoms. The highest BCUT2D eigenvalue weighted by molar-refractivity contribution is 5.94. The average Bonchev–Trinajstić information content (AvgIpc) is 2.46. The minimum absolute atomic E-state index is 0.108. The first-order valence-electron chi connectivity index (χ1n) is 7.13. The number of carboxylic acid groups (broad SMARTS) is 1. The van der Waals surface area contributed by atoms with Crippen molar-refractivity contribution in [2.24, 2.45) is 5.92 Å². The maximum absolute atomic E-state index is 12.4. The number of carbonyl (C=O) groups excluding carboxylic acids is 1. The Morgan fingerprint density at radius 1 is 1.18 bits per heavy atom. The summed E-state index contributed by atoms with van der Waals surface area (Å²) in [6, 6.07) is 5.10. The van der Waals surface area contributed by atoms with E-state index in [1.165, 1.54) is 19.1 Å². The summed E-state index contributed by atoms with van der Waals surface area (Å²) in [5, 5.41) is 8.87. The van der Waals surface area contributed by atoms with E-state index in [4.69, 9.17) is 14.6 Å². The molecule has 0 atom stereocenters. The van der Waals surface area contributed by atoms with Gasteiger partial charge in [0.15, 0.2) is 11.5 Å². The molecule has 1 aromatic rings. The lowest BCUT2D eigenvalue weighted by atomic mass is 10.1. The molecule has 0 aliphatic carbocycles. The van der Waals surface area contributed by atoms with Crippen LogP contribution in [0.25, 0.3) is 0 Å². The Balaban J connectivity index is 3.08. The van der Waals surface area contributed by atoms with Crippen LogP contribution < -0.4 is 14.4 Å². The zero-order valence-corrected chi connectivity index (χ0v) is 13.5. The van der Waals surface area contributed by atoms with E-state index in [1.54, 1.807) is 18.2 Å². The fraction of sp³-hybridized carbons (Fsp3) is 0.500. The van der Waals surface area contributed by atoms with Crippen LogP contribution in [0.5, 0.6) is 11.5 Å². The Morgan fingerprint density at radius 3 is 2.32 bits per heavy atom. The number of nitrogens with zero attached hydrogens (tertiary/aromatic N) is 1. The molecule has 0 saturated heterocycles. The van der Waals surface area contributed by atoms with Gasteiger partial charge in [0.05, 0.1) is 20.6 Å². The molecule has 0 aromatic heterocycles. The fourth-order valence-electron chi connectivity index (χ4n) is 2.06. The maximum atomic E-state index is 12.4. The highest BCUT2D eigenvalue weighted by Crippen LogP contribution is 2.32. The molecule has 0 fully saturated rings. The molecule has 0 aliphatic heterocycles. The molecular formula is C16H23NO5. The fourth-order valence-corrected chi connectivity index (χ4v) is 2.06. The van der Waals surface area contributed by atoms with E-state index in [2.05, 4.69) is 0 Å². The van der Waals surface area contributed by atoms with Crippen LogP contribution in [0.4, 0.5) is 5.69 Å².